The van der Waals surface area contributed by atoms with Gasteiger partial charge in [-0.15, -0.1) is 0 Å². The zero-order valence-corrected chi connectivity index (χ0v) is 14.6. The maximum atomic E-state index is 12.9. The molecule has 0 bridgehead atoms. The van der Waals surface area contributed by atoms with Gasteiger partial charge < -0.3 is 5.32 Å². The first kappa shape index (κ1) is 19.4. The Morgan fingerprint density at radius 3 is 2.50 bits per heavy atom. The average Bonchev–Trinajstić information content (AvgIpc) is 3.07. The third-order valence-corrected chi connectivity index (χ3v) is 3.92. The van der Waals surface area contributed by atoms with E-state index >= 15 is 0 Å². The summed E-state index contributed by atoms with van der Waals surface area (Å²) < 4.78 is 43.0. The van der Waals surface area contributed by atoms with Gasteiger partial charge in [0.25, 0.3) is 0 Å². The first-order chi connectivity index (χ1) is 13.2. The number of nitrogens with zero attached hydrogens (tertiary/aromatic N) is 1. The number of hydrogen-bond acceptors (Lipinski definition) is 4. The summed E-state index contributed by atoms with van der Waals surface area (Å²) in [4.78, 5) is 25.3. The van der Waals surface area contributed by atoms with E-state index in [9.17, 15) is 22.8 Å². The molecule has 2 aromatic carbocycles. The molecule has 1 heterocycles. The Morgan fingerprint density at radius 1 is 1.18 bits per heavy atom. The van der Waals surface area contributed by atoms with E-state index in [1.165, 1.54) is 12.1 Å². The maximum Gasteiger partial charge on any atom is 0.439 e. The molecule has 28 heavy (non-hydrogen) atoms. The number of aromatic nitrogens is 2. The molecule has 3 rings (SSSR count). The van der Waals surface area contributed by atoms with Gasteiger partial charge >= 0.3 is 11.9 Å². The van der Waals surface area contributed by atoms with Crippen LogP contribution < -0.4 is 11.1 Å². The van der Waals surface area contributed by atoms with Gasteiger partial charge in [0.05, 0.1) is 10.6 Å². The SMILES string of the molecule is O=C(C=Cc1ccc(Cl)c(C(F)(F)F)c1)Nc1ccc(-c2noc(=O)[nH]2)cc1. The van der Waals surface area contributed by atoms with Crippen LogP contribution in [0.1, 0.15) is 11.1 Å². The number of rotatable bonds is 4. The highest BCUT2D eigenvalue weighted by Gasteiger charge is 2.33. The van der Waals surface area contributed by atoms with Gasteiger partial charge in [0, 0.05) is 17.3 Å². The second kappa shape index (κ2) is 7.73. The van der Waals surface area contributed by atoms with Crippen molar-refractivity contribution in [2.75, 3.05) is 5.32 Å². The summed E-state index contributed by atoms with van der Waals surface area (Å²) in [5, 5.41) is 5.69. The van der Waals surface area contributed by atoms with Crippen molar-refractivity contribution >= 4 is 29.3 Å². The van der Waals surface area contributed by atoms with Gasteiger partial charge in [-0.2, -0.15) is 13.2 Å². The number of aromatic amines is 1. The topological polar surface area (TPSA) is 88.0 Å². The van der Waals surface area contributed by atoms with E-state index in [2.05, 4.69) is 20.0 Å². The monoisotopic (exact) mass is 409 g/mol. The molecular weight excluding hydrogens is 399 g/mol. The minimum atomic E-state index is -4.58. The molecule has 0 aliphatic carbocycles. The van der Waals surface area contributed by atoms with Gasteiger partial charge in [-0.1, -0.05) is 22.8 Å². The predicted octanol–water partition coefficient (Wildman–Crippen LogP) is 4.35. The number of halogens is 4. The Hall–Kier alpha value is -3.33. The van der Waals surface area contributed by atoms with Crippen LogP contribution in [-0.4, -0.2) is 16.0 Å². The quantitative estimate of drug-likeness (QED) is 0.627. The summed E-state index contributed by atoms with van der Waals surface area (Å²) >= 11 is 5.56. The van der Waals surface area contributed by atoms with E-state index in [1.807, 2.05) is 0 Å². The summed E-state index contributed by atoms with van der Waals surface area (Å²) in [5.74, 6) is -0.981. The van der Waals surface area contributed by atoms with Crippen LogP contribution in [0.4, 0.5) is 18.9 Å². The van der Waals surface area contributed by atoms with E-state index in [0.29, 0.717) is 11.3 Å². The number of anilines is 1. The third kappa shape index (κ3) is 4.68. The van der Waals surface area contributed by atoms with Crippen LogP contribution in [-0.2, 0) is 11.0 Å². The summed E-state index contributed by atoms with van der Waals surface area (Å²) in [6.45, 7) is 0. The normalized spacial score (nSPS) is 11.7. The molecule has 0 unspecified atom stereocenters. The van der Waals surface area contributed by atoms with Crippen molar-refractivity contribution in [2.24, 2.45) is 0 Å². The number of nitrogens with one attached hydrogen (secondary N) is 2. The van der Waals surface area contributed by atoms with Crippen LogP contribution in [0.15, 0.2) is 57.9 Å². The zero-order chi connectivity index (χ0) is 20.3. The van der Waals surface area contributed by atoms with Gasteiger partial charge in [-0.3, -0.25) is 14.3 Å². The minimum absolute atomic E-state index is 0.178. The summed E-state index contributed by atoms with van der Waals surface area (Å²) in [6.07, 6.45) is -2.24. The van der Waals surface area contributed by atoms with Crippen LogP contribution in [0.25, 0.3) is 17.5 Å². The molecular formula is C18H11ClF3N3O3. The van der Waals surface area contributed by atoms with Crippen molar-refractivity contribution in [1.82, 2.24) is 10.1 Å². The maximum absolute atomic E-state index is 12.9. The van der Waals surface area contributed by atoms with Crippen LogP contribution in [0.5, 0.6) is 0 Å². The number of alkyl halides is 3. The van der Waals surface area contributed by atoms with Crippen LogP contribution in [0.3, 0.4) is 0 Å². The molecule has 0 atom stereocenters. The highest BCUT2D eigenvalue weighted by Crippen LogP contribution is 2.35. The molecule has 1 aromatic heterocycles. The molecule has 1 amide bonds. The lowest BCUT2D eigenvalue weighted by atomic mass is 10.1. The zero-order valence-electron chi connectivity index (χ0n) is 13.9. The fourth-order valence-electron chi connectivity index (χ4n) is 2.29. The first-order valence-electron chi connectivity index (χ1n) is 7.74. The smallest absolute Gasteiger partial charge is 0.323 e. The summed E-state index contributed by atoms with van der Waals surface area (Å²) in [6, 6.07) is 9.68. The van der Waals surface area contributed by atoms with Crippen LogP contribution in [0, 0.1) is 0 Å². The largest absolute Gasteiger partial charge is 0.439 e. The Balaban J connectivity index is 1.68. The minimum Gasteiger partial charge on any atom is -0.323 e. The number of hydrogen-bond donors (Lipinski definition) is 2. The average molecular weight is 410 g/mol. The molecule has 0 fully saturated rings. The number of carbonyl (C=O) groups excluding carboxylic acids is 1. The van der Waals surface area contributed by atoms with E-state index in [-0.39, 0.29) is 11.4 Å². The molecule has 0 saturated heterocycles. The van der Waals surface area contributed by atoms with Gasteiger partial charge in [0.2, 0.25) is 5.91 Å². The summed E-state index contributed by atoms with van der Waals surface area (Å²) in [7, 11) is 0. The molecule has 144 valence electrons. The Bertz CT molecular complexity index is 1090. The molecule has 6 nitrogen and oxygen atoms in total. The molecule has 3 aromatic rings. The van der Waals surface area contributed by atoms with Crippen molar-refractivity contribution < 1.29 is 22.5 Å². The fraction of sp³-hybridized carbons (Fsp3) is 0.0556. The number of benzene rings is 2. The molecule has 0 saturated carbocycles. The van der Waals surface area contributed by atoms with Gasteiger partial charge in [-0.25, -0.2) is 4.79 Å². The van der Waals surface area contributed by atoms with Crippen molar-refractivity contribution in [3.8, 4) is 11.4 Å². The molecule has 10 heteroatoms. The fourth-order valence-corrected chi connectivity index (χ4v) is 2.51. The summed E-state index contributed by atoms with van der Waals surface area (Å²) in [5.41, 5.74) is 0.215. The van der Waals surface area contributed by atoms with E-state index in [0.717, 1.165) is 18.2 Å². The Kier molecular flexibility index (Phi) is 5.36. The van der Waals surface area contributed by atoms with E-state index in [1.54, 1.807) is 24.3 Å². The second-order valence-corrected chi connectivity index (χ2v) is 5.99. The lowest BCUT2D eigenvalue weighted by Crippen LogP contribution is -2.08. The second-order valence-electron chi connectivity index (χ2n) is 5.58. The first-order valence-corrected chi connectivity index (χ1v) is 8.12. The van der Waals surface area contributed by atoms with Crippen molar-refractivity contribution in [1.29, 1.82) is 0 Å². The van der Waals surface area contributed by atoms with Gasteiger partial charge in [-0.05, 0) is 48.0 Å². The van der Waals surface area contributed by atoms with Crippen molar-refractivity contribution in [3.63, 3.8) is 0 Å². The number of amides is 1. The highest BCUT2D eigenvalue weighted by molar-refractivity contribution is 6.31. The molecule has 2 N–H and O–H groups in total. The van der Waals surface area contributed by atoms with Crippen molar-refractivity contribution in [3.05, 3.63) is 75.2 Å². The van der Waals surface area contributed by atoms with Crippen molar-refractivity contribution in [2.45, 2.75) is 6.18 Å². The van der Waals surface area contributed by atoms with E-state index in [4.69, 9.17) is 11.6 Å². The van der Waals surface area contributed by atoms with Crippen LogP contribution in [0.2, 0.25) is 5.02 Å². The number of H-pyrrole nitrogens is 1. The van der Waals surface area contributed by atoms with E-state index < -0.39 is 28.4 Å². The molecule has 0 radical (unpaired) electrons. The highest BCUT2D eigenvalue weighted by atomic mass is 35.5. The third-order valence-electron chi connectivity index (χ3n) is 3.59. The standard InChI is InChI=1S/C18H11ClF3N3O3/c19-14-7-1-10(9-13(14)18(20,21)22)2-8-15(26)23-12-5-3-11(4-6-12)16-24-17(27)28-25-16/h1-9H,(H,23,26)(H,24,25,27). The molecule has 0 aliphatic rings. The lowest BCUT2D eigenvalue weighted by Gasteiger charge is -2.09. The Morgan fingerprint density at radius 2 is 1.89 bits per heavy atom. The lowest BCUT2D eigenvalue weighted by molar-refractivity contribution is -0.137. The van der Waals surface area contributed by atoms with Crippen LogP contribution >= 0.6 is 11.6 Å². The number of carbonyl (C=O) groups is 1. The molecule has 0 aliphatic heterocycles. The predicted molar refractivity (Wildman–Crippen MR) is 96.7 cm³/mol. The van der Waals surface area contributed by atoms with Gasteiger partial charge in [0.15, 0.2) is 5.82 Å². The molecule has 0 spiro atoms. The van der Waals surface area contributed by atoms with Gasteiger partial charge in [0.1, 0.15) is 0 Å². The Labute approximate surface area is 160 Å².